The number of fused-ring (bicyclic) bond motifs is 2. The Morgan fingerprint density at radius 2 is 2.00 bits per heavy atom. The van der Waals surface area contributed by atoms with Crippen molar-refractivity contribution < 1.29 is 0 Å². The first-order valence-electron chi connectivity index (χ1n) is 4.29. The second kappa shape index (κ2) is 2.21. The molecule has 0 spiro atoms. The highest BCUT2D eigenvalue weighted by atomic mass is 15.4. The van der Waals surface area contributed by atoms with E-state index in [-0.39, 0.29) is 0 Å². The highest BCUT2D eigenvalue weighted by molar-refractivity contribution is 5.01. The maximum atomic E-state index is 3.40. The number of nitrogens with one attached hydrogen (secondary N) is 2. The maximum Gasteiger partial charge on any atom is 0.0326 e. The molecule has 2 fully saturated rings. The lowest BCUT2D eigenvalue weighted by molar-refractivity contribution is 0.297. The van der Waals surface area contributed by atoms with Crippen molar-refractivity contribution in [2.45, 2.75) is 37.6 Å². The third kappa shape index (κ3) is 0.867. The Morgan fingerprint density at radius 1 is 1.30 bits per heavy atom. The van der Waals surface area contributed by atoms with E-state index in [1.165, 1.54) is 32.1 Å². The van der Waals surface area contributed by atoms with Gasteiger partial charge in [-0.1, -0.05) is 0 Å². The first kappa shape index (κ1) is 6.62. The van der Waals surface area contributed by atoms with Crippen molar-refractivity contribution in [2.75, 3.05) is 7.05 Å². The van der Waals surface area contributed by atoms with Crippen LogP contribution in [0.15, 0.2) is 0 Å². The smallest absolute Gasteiger partial charge is 0.0326 e. The molecule has 0 aromatic rings. The van der Waals surface area contributed by atoms with Gasteiger partial charge in [0, 0.05) is 5.54 Å². The summed E-state index contributed by atoms with van der Waals surface area (Å²) in [7, 11) is 1.97. The number of rotatable bonds is 2. The summed E-state index contributed by atoms with van der Waals surface area (Å²) < 4.78 is 0. The van der Waals surface area contributed by atoms with Gasteiger partial charge in [-0.25, -0.2) is 0 Å². The summed E-state index contributed by atoms with van der Waals surface area (Å²) >= 11 is 0. The molecule has 2 N–H and O–H groups in total. The molecular weight excluding hydrogens is 124 g/mol. The molecule has 10 heavy (non-hydrogen) atoms. The maximum absolute atomic E-state index is 3.40. The number of hydrazine groups is 1. The summed E-state index contributed by atoms with van der Waals surface area (Å²) in [4.78, 5) is 0. The third-order valence-electron chi connectivity index (χ3n) is 3.13. The van der Waals surface area contributed by atoms with Gasteiger partial charge in [-0.3, -0.25) is 10.9 Å². The van der Waals surface area contributed by atoms with Gasteiger partial charge in [0.2, 0.25) is 0 Å². The van der Waals surface area contributed by atoms with Crippen LogP contribution in [-0.4, -0.2) is 12.6 Å². The Kier molecular flexibility index (Phi) is 1.46. The summed E-state index contributed by atoms with van der Waals surface area (Å²) in [6, 6.07) is 0. The minimum absolute atomic E-state index is 0.499. The van der Waals surface area contributed by atoms with Crippen molar-refractivity contribution in [3.63, 3.8) is 0 Å². The molecule has 2 aliphatic rings. The van der Waals surface area contributed by atoms with Crippen molar-refractivity contribution in [1.82, 2.24) is 10.9 Å². The lowest BCUT2D eigenvalue weighted by atomic mass is 9.95. The van der Waals surface area contributed by atoms with E-state index >= 15 is 0 Å². The molecule has 0 saturated heterocycles. The fourth-order valence-corrected chi connectivity index (χ4v) is 2.63. The second-order valence-corrected chi connectivity index (χ2v) is 3.80. The standard InChI is InChI=1S/C8H16N2/c1-9-10-8-4-2-7(6-8)3-5-8/h7,9-10H,2-6H2,1H3. The van der Waals surface area contributed by atoms with E-state index in [1.54, 1.807) is 0 Å². The van der Waals surface area contributed by atoms with Crippen molar-refractivity contribution in [2.24, 2.45) is 5.92 Å². The van der Waals surface area contributed by atoms with Crippen LogP contribution in [0.1, 0.15) is 32.1 Å². The van der Waals surface area contributed by atoms with Gasteiger partial charge in [-0.15, -0.1) is 0 Å². The van der Waals surface area contributed by atoms with Crippen LogP contribution in [-0.2, 0) is 0 Å². The molecule has 2 rings (SSSR count). The molecular formula is C8H16N2. The van der Waals surface area contributed by atoms with Crippen molar-refractivity contribution in [3.8, 4) is 0 Å². The first-order chi connectivity index (χ1) is 4.85. The van der Waals surface area contributed by atoms with E-state index in [9.17, 15) is 0 Å². The summed E-state index contributed by atoms with van der Waals surface area (Å²) in [5, 5.41) is 0. The molecule has 2 bridgehead atoms. The fourth-order valence-electron chi connectivity index (χ4n) is 2.63. The first-order valence-corrected chi connectivity index (χ1v) is 4.29. The zero-order valence-corrected chi connectivity index (χ0v) is 6.61. The normalized spacial score (nSPS) is 44.7. The molecule has 2 nitrogen and oxygen atoms in total. The molecule has 2 saturated carbocycles. The molecule has 2 aliphatic carbocycles. The highest BCUT2D eigenvalue weighted by Gasteiger charge is 2.44. The van der Waals surface area contributed by atoms with Crippen LogP contribution in [0.4, 0.5) is 0 Å². The SMILES string of the molecule is CNNC12CCC(CC1)C2. The molecule has 0 atom stereocenters. The topological polar surface area (TPSA) is 24.1 Å². The van der Waals surface area contributed by atoms with Gasteiger partial charge in [-0.05, 0) is 45.1 Å². The van der Waals surface area contributed by atoms with E-state index in [4.69, 9.17) is 0 Å². The van der Waals surface area contributed by atoms with E-state index < -0.39 is 0 Å². The fraction of sp³-hybridized carbons (Fsp3) is 1.00. The Labute approximate surface area is 62.4 Å². The van der Waals surface area contributed by atoms with Gasteiger partial charge < -0.3 is 0 Å². The van der Waals surface area contributed by atoms with Crippen LogP contribution >= 0.6 is 0 Å². The molecule has 0 heterocycles. The van der Waals surface area contributed by atoms with Gasteiger partial charge >= 0.3 is 0 Å². The predicted octanol–water partition coefficient (Wildman–Crippen LogP) is 1.04. The van der Waals surface area contributed by atoms with Crippen molar-refractivity contribution in [3.05, 3.63) is 0 Å². The van der Waals surface area contributed by atoms with Crippen molar-refractivity contribution >= 4 is 0 Å². The van der Waals surface area contributed by atoms with Gasteiger partial charge in [0.15, 0.2) is 0 Å². The van der Waals surface area contributed by atoms with Crippen LogP contribution in [0.2, 0.25) is 0 Å². The van der Waals surface area contributed by atoms with Crippen LogP contribution in [0.3, 0.4) is 0 Å². The summed E-state index contributed by atoms with van der Waals surface area (Å²) in [6.45, 7) is 0. The molecule has 0 aliphatic heterocycles. The lowest BCUT2D eigenvalue weighted by Crippen LogP contribution is -2.47. The molecule has 58 valence electrons. The van der Waals surface area contributed by atoms with Crippen LogP contribution in [0, 0.1) is 5.92 Å². The predicted molar refractivity (Wildman–Crippen MR) is 41.5 cm³/mol. The zero-order chi connectivity index (χ0) is 7.03. The van der Waals surface area contributed by atoms with E-state index in [1.807, 2.05) is 7.05 Å². The largest absolute Gasteiger partial charge is 0.260 e. The Balaban J connectivity index is 2.01. The molecule has 0 amide bonds. The van der Waals surface area contributed by atoms with Gasteiger partial charge in [0.1, 0.15) is 0 Å². The second-order valence-electron chi connectivity index (χ2n) is 3.80. The number of hydrogen-bond acceptors (Lipinski definition) is 2. The minimum atomic E-state index is 0.499. The third-order valence-corrected chi connectivity index (χ3v) is 3.13. The average molecular weight is 140 g/mol. The highest BCUT2D eigenvalue weighted by Crippen LogP contribution is 2.47. The van der Waals surface area contributed by atoms with Gasteiger partial charge in [0.05, 0.1) is 0 Å². The van der Waals surface area contributed by atoms with E-state index in [0.29, 0.717) is 5.54 Å². The molecule has 0 aromatic heterocycles. The monoisotopic (exact) mass is 140 g/mol. The minimum Gasteiger partial charge on any atom is -0.260 e. The van der Waals surface area contributed by atoms with E-state index in [0.717, 1.165) is 5.92 Å². The van der Waals surface area contributed by atoms with Crippen LogP contribution in [0.5, 0.6) is 0 Å². The average Bonchev–Trinajstić information content (AvgIpc) is 2.46. The van der Waals surface area contributed by atoms with Crippen LogP contribution in [0.25, 0.3) is 0 Å². The molecule has 0 aromatic carbocycles. The molecule has 0 radical (unpaired) electrons. The van der Waals surface area contributed by atoms with Gasteiger partial charge in [-0.2, -0.15) is 0 Å². The summed E-state index contributed by atoms with van der Waals surface area (Å²) in [5.41, 5.74) is 6.98. The van der Waals surface area contributed by atoms with E-state index in [2.05, 4.69) is 10.9 Å². The van der Waals surface area contributed by atoms with Crippen molar-refractivity contribution in [1.29, 1.82) is 0 Å². The Hall–Kier alpha value is -0.0800. The molecule has 0 unspecified atom stereocenters. The Bertz CT molecular complexity index is 125. The zero-order valence-electron chi connectivity index (χ0n) is 6.61. The number of hydrogen-bond donors (Lipinski definition) is 2. The van der Waals surface area contributed by atoms with Gasteiger partial charge in [0.25, 0.3) is 0 Å². The quantitative estimate of drug-likeness (QED) is 0.560. The van der Waals surface area contributed by atoms with Crippen LogP contribution < -0.4 is 10.9 Å². The lowest BCUT2D eigenvalue weighted by Gasteiger charge is -2.27. The molecule has 2 heteroatoms. The summed E-state index contributed by atoms with van der Waals surface area (Å²) in [6.07, 6.45) is 7.09. The summed E-state index contributed by atoms with van der Waals surface area (Å²) in [5.74, 6) is 1.04. The Morgan fingerprint density at radius 3 is 2.40 bits per heavy atom.